The van der Waals surface area contributed by atoms with Crippen LogP contribution in [0, 0.1) is 12.8 Å². The molecule has 5 heteroatoms. The van der Waals surface area contributed by atoms with Crippen molar-refractivity contribution in [1.29, 1.82) is 0 Å². The molecule has 3 rings (SSSR count). The molecule has 1 unspecified atom stereocenters. The minimum Gasteiger partial charge on any atom is -0.462 e. The Morgan fingerprint density at radius 3 is 2.76 bits per heavy atom. The van der Waals surface area contributed by atoms with Crippen LogP contribution in [0.4, 0.5) is 0 Å². The number of ether oxygens (including phenoxy) is 1. The Bertz CT molecular complexity index is 746. The quantitative estimate of drug-likeness (QED) is 0.804. The molecule has 2 aromatic rings. The fraction of sp³-hybridized carbons (Fsp3) is 0.350. The Kier molecular flexibility index (Phi) is 5.43. The van der Waals surface area contributed by atoms with Gasteiger partial charge in [0.1, 0.15) is 0 Å². The standard InChI is InChI=1S/C20H22N2O3/c1-15-10-18(12-21-11-15)20(24)25-14-16-6-5-9-22(13-16)19(23)17-7-3-2-4-8-17/h2-4,7-8,10-12,16H,5-6,9,13-14H2,1H3. The third kappa shape index (κ3) is 4.44. The number of esters is 1. The molecular formula is C20H22N2O3. The van der Waals surface area contributed by atoms with Gasteiger partial charge in [0.05, 0.1) is 12.2 Å². The van der Waals surface area contributed by atoms with E-state index in [1.807, 2.05) is 42.2 Å². The Labute approximate surface area is 147 Å². The number of pyridine rings is 1. The van der Waals surface area contributed by atoms with Crippen LogP contribution >= 0.6 is 0 Å². The molecule has 0 radical (unpaired) electrons. The summed E-state index contributed by atoms with van der Waals surface area (Å²) in [5, 5.41) is 0. The van der Waals surface area contributed by atoms with Crippen molar-refractivity contribution in [2.75, 3.05) is 19.7 Å². The summed E-state index contributed by atoms with van der Waals surface area (Å²) in [6.07, 6.45) is 5.09. The van der Waals surface area contributed by atoms with Crippen LogP contribution in [0.3, 0.4) is 0 Å². The summed E-state index contributed by atoms with van der Waals surface area (Å²) in [6, 6.07) is 11.1. The van der Waals surface area contributed by atoms with Gasteiger partial charge in [-0.25, -0.2) is 4.79 Å². The minimum atomic E-state index is -0.359. The third-order valence-electron chi connectivity index (χ3n) is 4.39. The zero-order valence-electron chi connectivity index (χ0n) is 14.4. The van der Waals surface area contributed by atoms with Crippen LogP contribution in [0.1, 0.15) is 39.1 Å². The van der Waals surface area contributed by atoms with E-state index in [-0.39, 0.29) is 17.8 Å². The maximum atomic E-state index is 12.6. The summed E-state index contributed by atoms with van der Waals surface area (Å²) in [5.74, 6) is -0.148. The molecule has 25 heavy (non-hydrogen) atoms. The second-order valence-corrected chi connectivity index (χ2v) is 6.47. The lowest BCUT2D eigenvalue weighted by molar-refractivity contribution is 0.0342. The Morgan fingerprint density at radius 2 is 2.00 bits per heavy atom. The topological polar surface area (TPSA) is 59.5 Å². The number of benzene rings is 1. The van der Waals surface area contributed by atoms with Gasteiger partial charge in [0.25, 0.3) is 5.91 Å². The van der Waals surface area contributed by atoms with Gasteiger partial charge in [-0.05, 0) is 43.5 Å². The van der Waals surface area contributed by atoms with Crippen molar-refractivity contribution in [3.05, 3.63) is 65.5 Å². The number of likely N-dealkylation sites (tertiary alicyclic amines) is 1. The fourth-order valence-corrected chi connectivity index (χ4v) is 3.09. The zero-order chi connectivity index (χ0) is 17.6. The average Bonchev–Trinajstić information content (AvgIpc) is 2.66. The van der Waals surface area contributed by atoms with Gasteiger partial charge in [0.15, 0.2) is 0 Å². The molecule has 1 aromatic heterocycles. The van der Waals surface area contributed by atoms with Gasteiger partial charge < -0.3 is 9.64 Å². The van der Waals surface area contributed by atoms with Gasteiger partial charge in [-0.15, -0.1) is 0 Å². The van der Waals surface area contributed by atoms with E-state index < -0.39 is 0 Å². The molecule has 1 saturated heterocycles. The predicted octanol–water partition coefficient (Wildman–Crippen LogP) is 3.10. The predicted molar refractivity (Wildman–Crippen MR) is 94.3 cm³/mol. The van der Waals surface area contributed by atoms with Gasteiger partial charge in [-0.1, -0.05) is 18.2 Å². The molecule has 1 atom stereocenters. The van der Waals surface area contributed by atoms with E-state index in [9.17, 15) is 9.59 Å². The maximum absolute atomic E-state index is 12.6. The minimum absolute atomic E-state index is 0.0412. The molecule has 0 bridgehead atoms. The number of carbonyl (C=O) groups excluding carboxylic acids is 2. The highest BCUT2D eigenvalue weighted by Crippen LogP contribution is 2.19. The van der Waals surface area contributed by atoms with Crippen molar-refractivity contribution >= 4 is 11.9 Å². The highest BCUT2D eigenvalue weighted by atomic mass is 16.5. The highest BCUT2D eigenvalue weighted by Gasteiger charge is 2.25. The van der Waals surface area contributed by atoms with Crippen LogP contribution in [0.25, 0.3) is 0 Å². The first kappa shape index (κ1) is 17.1. The molecule has 5 nitrogen and oxygen atoms in total. The first-order chi connectivity index (χ1) is 12.1. The van der Waals surface area contributed by atoms with Crippen LogP contribution in [-0.2, 0) is 4.74 Å². The second kappa shape index (κ2) is 7.92. The van der Waals surface area contributed by atoms with Crippen molar-refractivity contribution in [2.45, 2.75) is 19.8 Å². The zero-order valence-corrected chi connectivity index (χ0v) is 14.4. The molecule has 130 valence electrons. The molecule has 0 spiro atoms. The van der Waals surface area contributed by atoms with Gasteiger partial charge in [-0.2, -0.15) is 0 Å². The van der Waals surface area contributed by atoms with Crippen molar-refractivity contribution < 1.29 is 14.3 Å². The summed E-state index contributed by atoms with van der Waals surface area (Å²) in [5.41, 5.74) is 2.09. The van der Waals surface area contributed by atoms with Crippen LogP contribution in [0.5, 0.6) is 0 Å². The molecule has 1 aliphatic rings. The summed E-state index contributed by atoms with van der Waals surface area (Å²) >= 11 is 0. The summed E-state index contributed by atoms with van der Waals surface area (Å²) < 4.78 is 5.44. The number of carbonyl (C=O) groups is 2. The number of rotatable bonds is 4. The normalized spacial score (nSPS) is 17.2. The number of hydrogen-bond acceptors (Lipinski definition) is 4. The average molecular weight is 338 g/mol. The summed E-state index contributed by atoms with van der Waals surface area (Å²) in [4.78, 5) is 30.6. The highest BCUT2D eigenvalue weighted by molar-refractivity contribution is 5.94. The number of piperidine rings is 1. The molecule has 0 aliphatic carbocycles. The third-order valence-corrected chi connectivity index (χ3v) is 4.39. The fourth-order valence-electron chi connectivity index (χ4n) is 3.09. The first-order valence-corrected chi connectivity index (χ1v) is 8.56. The second-order valence-electron chi connectivity index (χ2n) is 6.47. The van der Waals surface area contributed by atoms with E-state index in [0.717, 1.165) is 24.9 Å². The number of aryl methyl sites for hydroxylation is 1. The van der Waals surface area contributed by atoms with E-state index >= 15 is 0 Å². The van der Waals surface area contributed by atoms with Gasteiger partial charge in [0.2, 0.25) is 0 Å². The maximum Gasteiger partial charge on any atom is 0.339 e. The Balaban J connectivity index is 1.55. The lowest BCUT2D eigenvalue weighted by atomic mass is 9.98. The van der Waals surface area contributed by atoms with Crippen molar-refractivity contribution in [3.63, 3.8) is 0 Å². The summed E-state index contributed by atoms with van der Waals surface area (Å²) in [6.45, 7) is 3.58. The SMILES string of the molecule is Cc1cncc(C(=O)OCC2CCCN(C(=O)c3ccccc3)C2)c1. The molecular weight excluding hydrogens is 316 g/mol. The Morgan fingerprint density at radius 1 is 1.20 bits per heavy atom. The van der Waals surface area contributed by atoms with Gasteiger partial charge >= 0.3 is 5.97 Å². The molecule has 1 aromatic carbocycles. The van der Waals surface area contributed by atoms with E-state index in [4.69, 9.17) is 4.74 Å². The van der Waals surface area contributed by atoms with E-state index in [2.05, 4.69) is 4.98 Å². The smallest absolute Gasteiger partial charge is 0.339 e. The number of nitrogens with zero attached hydrogens (tertiary/aromatic N) is 2. The summed E-state index contributed by atoms with van der Waals surface area (Å²) in [7, 11) is 0. The number of aromatic nitrogens is 1. The largest absolute Gasteiger partial charge is 0.462 e. The Hall–Kier alpha value is -2.69. The molecule has 0 N–H and O–H groups in total. The number of hydrogen-bond donors (Lipinski definition) is 0. The number of amides is 1. The molecule has 1 aliphatic heterocycles. The van der Waals surface area contributed by atoms with Crippen molar-refractivity contribution in [1.82, 2.24) is 9.88 Å². The van der Waals surface area contributed by atoms with Crippen LogP contribution in [0.15, 0.2) is 48.8 Å². The monoisotopic (exact) mass is 338 g/mol. The molecule has 1 amide bonds. The van der Waals surface area contributed by atoms with Crippen molar-refractivity contribution in [3.8, 4) is 0 Å². The molecule has 1 fully saturated rings. The van der Waals surface area contributed by atoms with Crippen LogP contribution < -0.4 is 0 Å². The van der Waals surface area contributed by atoms with Crippen molar-refractivity contribution in [2.24, 2.45) is 5.92 Å². The van der Waals surface area contributed by atoms with Gasteiger partial charge in [0, 0.05) is 37.0 Å². The van der Waals surface area contributed by atoms with Crippen LogP contribution in [0.2, 0.25) is 0 Å². The lowest BCUT2D eigenvalue weighted by Crippen LogP contribution is -2.41. The molecule has 2 heterocycles. The first-order valence-electron chi connectivity index (χ1n) is 8.56. The van der Waals surface area contributed by atoms with E-state index in [0.29, 0.717) is 24.3 Å². The van der Waals surface area contributed by atoms with Gasteiger partial charge in [-0.3, -0.25) is 9.78 Å². The van der Waals surface area contributed by atoms with E-state index in [1.54, 1.807) is 12.3 Å². The molecule has 0 saturated carbocycles. The lowest BCUT2D eigenvalue weighted by Gasteiger charge is -2.32. The van der Waals surface area contributed by atoms with E-state index in [1.165, 1.54) is 6.20 Å². The van der Waals surface area contributed by atoms with Crippen LogP contribution in [-0.4, -0.2) is 41.5 Å².